The first-order chi connectivity index (χ1) is 13.1. The van der Waals surface area contributed by atoms with Gasteiger partial charge in [0.05, 0.1) is 6.67 Å². The average Bonchev–Trinajstić information content (AvgIpc) is 2.66. The molecular formula is C21H34N2O4. The van der Waals surface area contributed by atoms with Crippen molar-refractivity contribution in [2.45, 2.75) is 71.1 Å². The van der Waals surface area contributed by atoms with Gasteiger partial charge in [0.15, 0.2) is 6.61 Å². The van der Waals surface area contributed by atoms with Crippen molar-refractivity contribution in [3.8, 4) is 11.5 Å². The predicted molar refractivity (Wildman–Crippen MR) is 107 cm³/mol. The molecule has 6 nitrogen and oxygen atoms in total. The van der Waals surface area contributed by atoms with Gasteiger partial charge in [-0.15, -0.1) is 0 Å². The molecule has 2 amide bonds. The molecule has 3 N–H and O–H groups in total. The lowest BCUT2D eigenvalue weighted by atomic mass is 10.1. The van der Waals surface area contributed by atoms with Gasteiger partial charge in [0, 0.05) is 6.42 Å². The van der Waals surface area contributed by atoms with Crippen LogP contribution < -0.4 is 15.4 Å². The van der Waals surface area contributed by atoms with Crippen LogP contribution in [0, 0.1) is 0 Å². The minimum atomic E-state index is -0.313. The van der Waals surface area contributed by atoms with E-state index in [1.807, 2.05) is 0 Å². The molecule has 0 fully saturated rings. The Morgan fingerprint density at radius 3 is 2.04 bits per heavy atom. The van der Waals surface area contributed by atoms with Crippen molar-refractivity contribution < 1.29 is 19.4 Å². The Balaban J connectivity index is 1.94. The van der Waals surface area contributed by atoms with Crippen molar-refractivity contribution in [3.63, 3.8) is 0 Å². The minimum Gasteiger partial charge on any atom is -0.508 e. The van der Waals surface area contributed by atoms with E-state index in [1.54, 1.807) is 12.1 Å². The van der Waals surface area contributed by atoms with E-state index in [0.717, 1.165) is 12.8 Å². The number of ether oxygens (including phenoxy) is 1. The third-order valence-corrected chi connectivity index (χ3v) is 4.29. The van der Waals surface area contributed by atoms with Crippen molar-refractivity contribution in [1.29, 1.82) is 0 Å². The van der Waals surface area contributed by atoms with Crippen LogP contribution in [0.5, 0.6) is 11.5 Å². The van der Waals surface area contributed by atoms with Gasteiger partial charge in [-0.25, -0.2) is 0 Å². The van der Waals surface area contributed by atoms with Crippen molar-refractivity contribution in [2.75, 3.05) is 13.3 Å². The molecule has 0 aliphatic carbocycles. The second kappa shape index (κ2) is 14.9. The first-order valence-corrected chi connectivity index (χ1v) is 10.1. The summed E-state index contributed by atoms with van der Waals surface area (Å²) in [4.78, 5) is 23.4. The number of benzene rings is 1. The molecule has 0 spiro atoms. The zero-order valence-electron chi connectivity index (χ0n) is 16.5. The molecule has 0 aromatic heterocycles. The van der Waals surface area contributed by atoms with Crippen molar-refractivity contribution in [2.24, 2.45) is 0 Å². The molecule has 0 bridgehead atoms. The van der Waals surface area contributed by atoms with Gasteiger partial charge < -0.3 is 20.5 Å². The molecule has 0 radical (unpaired) electrons. The zero-order valence-corrected chi connectivity index (χ0v) is 16.5. The first kappa shape index (κ1) is 22.8. The van der Waals surface area contributed by atoms with Crippen LogP contribution in [0.4, 0.5) is 0 Å². The van der Waals surface area contributed by atoms with E-state index in [9.17, 15) is 14.7 Å². The number of nitrogens with one attached hydrogen (secondary N) is 2. The number of aromatic hydroxyl groups is 1. The zero-order chi connectivity index (χ0) is 19.7. The number of amides is 2. The molecular weight excluding hydrogens is 344 g/mol. The maximum absolute atomic E-state index is 11.7. The summed E-state index contributed by atoms with van der Waals surface area (Å²) in [6.07, 6.45) is 11.5. The number of hydrogen-bond donors (Lipinski definition) is 3. The Bertz CT molecular complexity index is 531. The maximum Gasteiger partial charge on any atom is 0.259 e. The van der Waals surface area contributed by atoms with Crippen LogP contribution in [-0.2, 0) is 9.59 Å². The van der Waals surface area contributed by atoms with Crippen LogP contribution >= 0.6 is 0 Å². The van der Waals surface area contributed by atoms with Gasteiger partial charge in [-0.2, -0.15) is 0 Å². The standard InChI is InChI=1S/C21H34N2O4/c1-2-3-4-5-6-7-8-9-10-11-20(25)22-17-23-21(26)16-27-19-14-12-18(24)13-15-19/h12-15,24H,2-11,16-17H2,1H3,(H,22,25)(H,23,26). The Morgan fingerprint density at radius 1 is 0.852 bits per heavy atom. The number of carbonyl (C=O) groups is 2. The second-order valence-electron chi connectivity index (χ2n) is 6.74. The number of hydrogen-bond acceptors (Lipinski definition) is 4. The fraction of sp³-hybridized carbons (Fsp3) is 0.619. The highest BCUT2D eigenvalue weighted by atomic mass is 16.5. The van der Waals surface area contributed by atoms with E-state index in [2.05, 4.69) is 17.6 Å². The molecule has 0 atom stereocenters. The SMILES string of the molecule is CCCCCCCCCCCC(=O)NCNC(=O)COc1ccc(O)cc1. The molecule has 6 heteroatoms. The van der Waals surface area contributed by atoms with E-state index >= 15 is 0 Å². The summed E-state index contributed by atoms with van der Waals surface area (Å²) in [6.45, 7) is 2.19. The summed E-state index contributed by atoms with van der Waals surface area (Å²) < 4.78 is 5.28. The van der Waals surface area contributed by atoms with Crippen LogP contribution in [-0.4, -0.2) is 30.2 Å². The highest BCUT2D eigenvalue weighted by Gasteiger charge is 2.04. The predicted octanol–water partition coefficient (Wildman–Crippen LogP) is 3.88. The Labute approximate surface area is 162 Å². The molecule has 0 heterocycles. The monoisotopic (exact) mass is 378 g/mol. The number of phenols is 1. The Morgan fingerprint density at radius 2 is 1.41 bits per heavy atom. The van der Waals surface area contributed by atoms with Crippen molar-refractivity contribution in [1.82, 2.24) is 10.6 Å². The van der Waals surface area contributed by atoms with Gasteiger partial charge in [0.2, 0.25) is 5.91 Å². The number of rotatable bonds is 15. The summed E-state index contributed by atoms with van der Waals surface area (Å²) in [5.41, 5.74) is 0. The van der Waals surface area contributed by atoms with Crippen LogP contribution in [0.1, 0.15) is 71.1 Å². The minimum absolute atomic E-state index is 0.0438. The van der Waals surface area contributed by atoms with Crippen molar-refractivity contribution >= 4 is 11.8 Å². The highest BCUT2D eigenvalue weighted by molar-refractivity contribution is 5.79. The molecule has 0 aliphatic rings. The molecule has 27 heavy (non-hydrogen) atoms. The summed E-state index contributed by atoms with van der Waals surface area (Å²) in [5.74, 6) is 0.281. The Kier molecular flexibility index (Phi) is 12.6. The number of unbranched alkanes of at least 4 members (excludes halogenated alkanes) is 8. The number of carbonyl (C=O) groups excluding carboxylic acids is 2. The molecule has 1 aromatic rings. The normalized spacial score (nSPS) is 10.4. The highest BCUT2D eigenvalue weighted by Crippen LogP contribution is 2.15. The summed E-state index contributed by atoms with van der Waals surface area (Å²) >= 11 is 0. The van der Waals surface area contributed by atoms with Crippen LogP contribution in [0.25, 0.3) is 0 Å². The molecule has 0 unspecified atom stereocenters. The van der Waals surface area contributed by atoms with Gasteiger partial charge in [-0.1, -0.05) is 58.3 Å². The number of phenolic OH excluding ortho intramolecular Hbond substituents is 1. The van der Waals surface area contributed by atoms with Gasteiger partial charge >= 0.3 is 0 Å². The second-order valence-corrected chi connectivity index (χ2v) is 6.74. The van der Waals surface area contributed by atoms with E-state index in [4.69, 9.17) is 4.74 Å². The molecule has 1 aromatic carbocycles. The summed E-state index contributed by atoms with van der Waals surface area (Å²) in [6, 6.07) is 6.13. The molecule has 0 aliphatic heterocycles. The largest absolute Gasteiger partial charge is 0.508 e. The van der Waals surface area contributed by atoms with E-state index in [1.165, 1.54) is 57.1 Å². The van der Waals surface area contributed by atoms with Gasteiger partial charge in [0.1, 0.15) is 11.5 Å². The average molecular weight is 379 g/mol. The first-order valence-electron chi connectivity index (χ1n) is 10.1. The van der Waals surface area contributed by atoms with E-state index in [0.29, 0.717) is 12.2 Å². The molecule has 0 saturated carbocycles. The quantitative estimate of drug-likeness (QED) is 0.319. The topological polar surface area (TPSA) is 87.7 Å². The maximum atomic E-state index is 11.7. The van der Waals surface area contributed by atoms with Crippen LogP contribution in [0.3, 0.4) is 0 Å². The molecule has 0 saturated heterocycles. The lowest BCUT2D eigenvalue weighted by Crippen LogP contribution is -2.39. The van der Waals surface area contributed by atoms with Crippen molar-refractivity contribution in [3.05, 3.63) is 24.3 Å². The van der Waals surface area contributed by atoms with E-state index in [-0.39, 0.29) is 30.8 Å². The summed E-state index contributed by atoms with van der Waals surface area (Å²) in [5, 5.41) is 14.4. The third kappa shape index (κ3) is 12.7. The van der Waals surface area contributed by atoms with Gasteiger partial charge in [-0.05, 0) is 30.7 Å². The lowest BCUT2D eigenvalue weighted by Gasteiger charge is -2.09. The Hall–Kier alpha value is -2.24. The van der Waals surface area contributed by atoms with Gasteiger partial charge in [-0.3, -0.25) is 9.59 Å². The fourth-order valence-corrected chi connectivity index (χ4v) is 2.67. The lowest BCUT2D eigenvalue weighted by molar-refractivity contribution is -0.124. The van der Waals surface area contributed by atoms with Gasteiger partial charge in [0.25, 0.3) is 5.91 Å². The third-order valence-electron chi connectivity index (χ3n) is 4.29. The molecule has 152 valence electrons. The van der Waals surface area contributed by atoms with Crippen LogP contribution in [0.2, 0.25) is 0 Å². The fourth-order valence-electron chi connectivity index (χ4n) is 2.67. The smallest absolute Gasteiger partial charge is 0.259 e. The molecule has 1 rings (SSSR count). The van der Waals surface area contributed by atoms with E-state index < -0.39 is 0 Å². The summed E-state index contributed by atoms with van der Waals surface area (Å²) in [7, 11) is 0. The van der Waals surface area contributed by atoms with Crippen LogP contribution in [0.15, 0.2) is 24.3 Å².